The van der Waals surface area contributed by atoms with E-state index in [0.717, 1.165) is 23.6 Å². The SMILES string of the molecule is Cc1ccnn1-c1ccc(C(=O)N2CCN(c3ccc(C(F)(F)F)c[nH+]3)CC2)cc1. The predicted octanol–water partition coefficient (Wildman–Crippen LogP) is 2.98. The van der Waals surface area contributed by atoms with Crippen molar-refractivity contribution in [3.63, 3.8) is 0 Å². The van der Waals surface area contributed by atoms with Crippen molar-refractivity contribution in [3.05, 3.63) is 71.7 Å². The van der Waals surface area contributed by atoms with Crippen LogP contribution in [0.1, 0.15) is 21.6 Å². The molecule has 1 saturated heterocycles. The number of pyridine rings is 1. The third-order valence-corrected chi connectivity index (χ3v) is 5.22. The van der Waals surface area contributed by atoms with E-state index in [9.17, 15) is 18.0 Å². The van der Waals surface area contributed by atoms with Gasteiger partial charge >= 0.3 is 6.18 Å². The maximum Gasteiger partial charge on any atom is 0.419 e. The summed E-state index contributed by atoms with van der Waals surface area (Å²) in [7, 11) is 0. The Balaban J connectivity index is 1.38. The van der Waals surface area contributed by atoms with Gasteiger partial charge in [-0.1, -0.05) is 0 Å². The van der Waals surface area contributed by atoms with Crippen molar-refractivity contribution < 1.29 is 22.9 Å². The number of carbonyl (C=O) groups is 1. The standard InChI is InChI=1S/C21H20F3N5O/c1-15-8-9-26-29(15)18-5-2-16(3-6-18)20(30)28-12-10-27(11-13-28)19-7-4-17(14-25-19)21(22,23)24/h2-9,14H,10-13H2,1H3/p+1. The summed E-state index contributed by atoms with van der Waals surface area (Å²) in [5.41, 5.74) is 1.77. The van der Waals surface area contributed by atoms with Gasteiger partial charge in [-0.25, -0.2) is 9.67 Å². The monoisotopic (exact) mass is 416 g/mol. The van der Waals surface area contributed by atoms with E-state index in [1.54, 1.807) is 27.9 Å². The van der Waals surface area contributed by atoms with Crippen molar-refractivity contribution in [1.29, 1.82) is 0 Å². The number of amides is 1. The van der Waals surface area contributed by atoms with Gasteiger partial charge in [0, 0.05) is 23.5 Å². The second-order valence-electron chi connectivity index (χ2n) is 7.17. The molecule has 1 aromatic carbocycles. The van der Waals surface area contributed by atoms with Crippen molar-refractivity contribution >= 4 is 11.7 Å². The highest BCUT2D eigenvalue weighted by atomic mass is 19.4. The second kappa shape index (κ2) is 7.81. The van der Waals surface area contributed by atoms with Crippen molar-refractivity contribution in [2.75, 3.05) is 31.1 Å². The van der Waals surface area contributed by atoms with Crippen LogP contribution in [-0.2, 0) is 6.18 Å². The number of aryl methyl sites for hydroxylation is 1. The molecule has 0 bridgehead atoms. The van der Waals surface area contributed by atoms with Gasteiger partial charge in [-0.05, 0) is 43.3 Å². The average Bonchev–Trinajstić information content (AvgIpc) is 3.19. The Bertz CT molecular complexity index is 1020. The van der Waals surface area contributed by atoms with E-state index >= 15 is 0 Å². The fourth-order valence-electron chi connectivity index (χ4n) is 3.51. The number of alkyl halides is 3. The lowest BCUT2D eigenvalue weighted by Gasteiger charge is -2.31. The van der Waals surface area contributed by atoms with E-state index in [2.05, 4.69) is 10.1 Å². The molecule has 1 fully saturated rings. The summed E-state index contributed by atoms with van der Waals surface area (Å²) in [4.78, 5) is 19.2. The van der Waals surface area contributed by atoms with Gasteiger partial charge in [0.25, 0.3) is 11.7 Å². The zero-order chi connectivity index (χ0) is 21.3. The van der Waals surface area contributed by atoms with E-state index in [0.29, 0.717) is 37.6 Å². The number of hydrogen-bond acceptors (Lipinski definition) is 3. The third kappa shape index (κ3) is 4.00. The molecule has 0 saturated carbocycles. The first-order valence-electron chi connectivity index (χ1n) is 9.57. The van der Waals surface area contributed by atoms with Crippen molar-refractivity contribution in [2.45, 2.75) is 13.1 Å². The Morgan fingerprint density at radius 2 is 1.70 bits per heavy atom. The molecular weight excluding hydrogens is 395 g/mol. The van der Waals surface area contributed by atoms with Crippen LogP contribution in [-0.4, -0.2) is 46.8 Å². The molecular formula is C21H21F3N5O+. The zero-order valence-corrected chi connectivity index (χ0v) is 16.4. The number of H-pyrrole nitrogens is 1. The van der Waals surface area contributed by atoms with Crippen molar-refractivity contribution in [1.82, 2.24) is 14.7 Å². The fraction of sp³-hybridized carbons (Fsp3) is 0.286. The number of carbonyl (C=O) groups excluding carboxylic acids is 1. The Morgan fingerprint density at radius 3 is 2.23 bits per heavy atom. The minimum Gasteiger partial charge on any atom is -0.331 e. The minimum absolute atomic E-state index is 0.0604. The van der Waals surface area contributed by atoms with Gasteiger partial charge < -0.3 is 4.90 Å². The lowest BCUT2D eigenvalue weighted by Crippen LogP contribution is -2.50. The number of anilines is 1. The maximum atomic E-state index is 12.8. The number of halogens is 3. The fourth-order valence-corrected chi connectivity index (χ4v) is 3.51. The normalized spacial score (nSPS) is 14.8. The van der Waals surface area contributed by atoms with Gasteiger partial charge in [0.1, 0.15) is 19.3 Å². The lowest BCUT2D eigenvalue weighted by molar-refractivity contribution is -0.367. The van der Waals surface area contributed by atoms with E-state index in [4.69, 9.17) is 0 Å². The minimum atomic E-state index is -4.37. The van der Waals surface area contributed by atoms with Crippen LogP contribution in [0.4, 0.5) is 19.0 Å². The lowest BCUT2D eigenvalue weighted by atomic mass is 10.1. The summed E-state index contributed by atoms with van der Waals surface area (Å²) in [5, 5.41) is 4.26. The summed E-state index contributed by atoms with van der Waals surface area (Å²) in [6.45, 7) is 4.03. The summed E-state index contributed by atoms with van der Waals surface area (Å²) >= 11 is 0. The highest BCUT2D eigenvalue weighted by molar-refractivity contribution is 5.94. The largest absolute Gasteiger partial charge is 0.419 e. The number of nitrogens with one attached hydrogen (secondary N) is 1. The molecule has 156 valence electrons. The summed E-state index contributed by atoms with van der Waals surface area (Å²) < 4.78 is 39.9. The number of aromatic nitrogens is 3. The molecule has 4 rings (SSSR count). The Kier molecular flexibility index (Phi) is 5.19. The molecule has 0 unspecified atom stereocenters. The van der Waals surface area contributed by atoms with Crippen LogP contribution in [0, 0.1) is 6.92 Å². The van der Waals surface area contributed by atoms with Gasteiger partial charge in [0.05, 0.1) is 24.3 Å². The third-order valence-electron chi connectivity index (χ3n) is 5.22. The van der Waals surface area contributed by atoms with Crippen LogP contribution >= 0.6 is 0 Å². The van der Waals surface area contributed by atoms with Gasteiger partial charge in [-0.15, -0.1) is 0 Å². The molecule has 3 heterocycles. The van der Waals surface area contributed by atoms with Crippen LogP contribution in [0.2, 0.25) is 0 Å². The number of aromatic amines is 1. The molecule has 30 heavy (non-hydrogen) atoms. The maximum absolute atomic E-state index is 12.8. The Labute approximate surface area is 171 Å². The van der Waals surface area contributed by atoms with Gasteiger partial charge in [-0.2, -0.15) is 18.3 Å². The van der Waals surface area contributed by atoms with Crippen LogP contribution in [0.25, 0.3) is 5.69 Å². The van der Waals surface area contributed by atoms with E-state index in [1.807, 2.05) is 30.0 Å². The highest BCUT2D eigenvalue weighted by Crippen LogP contribution is 2.28. The number of rotatable bonds is 3. The van der Waals surface area contributed by atoms with E-state index in [1.165, 1.54) is 6.07 Å². The molecule has 0 radical (unpaired) electrons. The van der Waals surface area contributed by atoms with Crippen LogP contribution in [0.3, 0.4) is 0 Å². The van der Waals surface area contributed by atoms with Gasteiger partial charge in [0.15, 0.2) is 0 Å². The summed E-state index contributed by atoms with van der Waals surface area (Å²) in [5.74, 6) is 0.545. The predicted molar refractivity (Wildman–Crippen MR) is 104 cm³/mol. The molecule has 1 aliphatic heterocycles. The second-order valence-corrected chi connectivity index (χ2v) is 7.17. The molecule has 0 aliphatic carbocycles. The molecule has 0 atom stereocenters. The first-order valence-corrected chi connectivity index (χ1v) is 9.57. The smallest absolute Gasteiger partial charge is 0.331 e. The molecule has 0 spiro atoms. The number of hydrogen-bond donors (Lipinski definition) is 0. The highest BCUT2D eigenvalue weighted by Gasteiger charge is 2.33. The first kappa shape index (κ1) is 19.9. The summed E-state index contributed by atoms with van der Waals surface area (Å²) in [6, 6.07) is 11.7. The molecule has 3 aromatic rings. The average molecular weight is 416 g/mol. The molecule has 1 aliphatic rings. The van der Waals surface area contributed by atoms with Gasteiger partial charge in [-0.3, -0.25) is 9.69 Å². The number of piperazine rings is 1. The van der Waals surface area contributed by atoms with Crippen LogP contribution in [0.5, 0.6) is 0 Å². The first-order chi connectivity index (χ1) is 14.3. The molecule has 1 N–H and O–H groups in total. The van der Waals surface area contributed by atoms with E-state index < -0.39 is 11.7 Å². The molecule has 6 nitrogen and oxygen atoms in total. The quantitative estimate of drug-likeness (QED) is 0.660. The van der Waals surface area contributed by atoms with Crippen LogP contribution in [0.15, 0.2) is 54.9 Å². The van der Waals surface area contributed by atoms with Crippen molar-refractivity contribution in [2.24, 2.45) is 0 Å². The zero-order valence-electron chi connectivity index (χ0n) is 16.4. The van der Waals surface area contributed by atoms with E-state index in [-0.39, 0.29) is 5.91 Å². The topological polar surface area (TPSA) is 55.5 Å². The van der Waals surface area contributed by atoms with Gasteiger partial charge in [0.2, 0.25) is 0 Å². The molecule has 9 heteroatoms. The number of nitrogens with zero attached hydrogens (tertiary/aromatic N) is 4. The molecule has 1 amide bonds. The Morgan fingerprint density at radius 1 is 1.00 bits per heavy atom. The Hall–Kier alpha value is -3.36. The molecule has 2 aromatic heterocycles. The van der Waals surface area contributed by atoms with Crippen LogP contribution < -0.4 is 9.88 Å². The summed E-state index contributed by atoms with van der Waals surface area (Å²) in [6.07, 6.45) is -1.68. The van der Waals surface area contributed by atoms with Crippen molar-refractivity contribution in [3.8, 4) is 5.69 Å². The number of benzene rings is 1.